The van der Waals surface area contributed by atoms with E-state index in [9.17, 15) is 4.79 Å². The molecule has 0 aromatic heterocycles. The van der Waals surface area contributed by atoms with Crippen LogP contribution in [0.15, 0.2) is 42.5 Å². The largest absolute Gasteiger partial charge is 0.497 e. The van der Waals surface area contributed by atoms with Gasteiger partial charge in [-0.1, -0.05) is 23.7 Å². The molecule has 22 heavy (non-hydrogen) atoms. The molecule has 2 aromatic carbocycles. The van der Waals surface area contributed by atoms with Crippen LogP contribution in [0.25, 0.3) is 0 Å². The number of carbonyl (C=O) groups is 1. The maximum Gasteiger partial charge on any atom is 0.252 e. The van der Waals surface area contributed by atoms with Crippen LogP contribution in [0.1, 0.15) is 15.9 Å². The summed E-state index contributed by atoms with van der Waals surface area (Å²) in [6, 6.07) is 12.7. The van der Waals surface area contributed by atoms with Crippen molar-refractivity contribution in [3.63, 3.8) is 0 Å². The quantitative estimate of drug-likeness (QED) is 0.888. The van der Waals surface area contributed by atoms with Crippen LogP contribution in [-0.4, -0.2) is 26.7 Å². The monoisotopic (exact) mass is 319 g/mol. The fourth-order valence-electron chi connectivity index (χ4n) is 2.01. The second kappa shape index (κ2) is 7.71. The number of hydrogen-bond donors (Lipinski definition) is 1. The number of amides is 1. The van der Waals surface area contributed by atoms with E-state index in [4.69, 9.17) is 21.1 Å². The molecule has 116 valence electrons. The van der Waals surface area contributed by atoms with E-state index >= 15 is 0 Å². The average Bonchev–Trinajstić information content (AvgIpc) is 2.55. The molecule has 0 fully saturated rings. The molecule has 2 rings (SSSR count). The van der Waals surface area contributed by atoms with E-state index in [0.29, 0.717) is 22.9 Å². The summed E-state index contributed by atoms with van der Waals surface area (Å²) >= 11 is 6.08. The highest BCUT2D eigenvalue weighted by Gasteiger charge is 2.10. The third-order valence-electron chi connectivity index (χ3n) is 3.28. The molecule has 0 radical (unpaired) electrons. The molecule has 2 aromatic rings. The van der Waals surface area contributed by atoms with Crippen LogP contribution in [-0.2, 0) is 6.42 Å². The van der Waals surface area contributed by atoms with E-state index in [1.807, 2.05) is 24.3 Å². The van der Waals surface area contributed by atoms with Gasteiger partial charge in [0.15, 0.2) is 0 Å². The van der Waals surface area contributed by atoms with Crippen molar-refractivity contribution in [2.24, 2.45) is 0 Å². The SMILES string of the molecule is COc1ccc(CCNC(=O)c2ccc(OC)cc2Cl)cc1. The van der Waals surface area contributed by atoms with E-state index in [-0.39, 0.29) is 5.91 Å². The Balaban J connectivity index is 1.89. The van der Waals surface area contributed by atoms with Gasteiger partial charge in [-0.25, -0.2) is 0 Å². The minimum absolute atomic E-state index is 0.193. The zero-order valence-electron chi connectivity index (χ0n) is 12.6. The minimum atomic E-state index is -0.193. The maximum absolute atomic E-state index is 12.1. The van der Waals surface area contributed by atoms with Crippen LogP contribution in [0.4, 0.5) is 0 Å². The van der Waals surface area contributed by atoms with Crippen molar-refractivity contribution in [1.82, 2.24) is 5.32 Å². The molecule has 0 atom stereocenters. The molecule has 4 nitrogen and oxygen atoms in total. The number of carbonyl (C=O) groups excluding carboxylic acids is 1. The van der Waals surface area contributed by atoms with Gasteiger partial charge in [0.25, 0.3) is 5.91 Å². The Bertz CT molecular complexity index is 641. The molecule has 0 heterocycles. The third kappa shape index (κ3) is 4.15. The first kappa shape index (κ1) is 16.2. The van der Waals surface area contributed by atoms with Crippen molar-refractivity contribution >= 4 is 17.5 Å². The van der Waals surface area contributed by atoms with Crippen LogP contribution in [0.5, 0.6) is 11.5 Å². The van der Waals surface area contributed by atoms with Gasteiger partial charge in [0, 0.05) is 6.54 Å². The standard InChI is InChI=1S/C17H18ClNO3/c1-21-13-5-3-12(4-6-13)9-10-19-17(20)15-8-7-14(22-2)11-16(15)18/h3-8,11H,9-10H2,1-2H3,(H,19,20). The second-order valence-electron chi connectivity index (χ2n) is 4.70. The summed E-state index contributed by atoms with van der Waals surface area (Å²) in [7, 11) is 3.19. The minimum Gasteiger partial charge on any atom is -0.497 e. The summed E-state index contributed by atoms with van der Waals surface area (Å²) < 4.78 is 10.2. The van der Waals surface area contributed by atoms with Gasteiger partial charge < -0.3 is 14.8 Å². The fraction of sp³-hybridized carbons (Fsp3) is 0.235. The Hall–Kier alpha value is -2.20. The Labute approximate surface area is 135 Å². The lowest BCUT2D eigenvalue weighted by Crippen LogP contribution is -2.25. The molecule has 0 saturated carbocycles. The molecule has 1 N–H and O–H groups in total. The van der Waals surface area contributed by atoms with Gasteiger partial charge in [0.05, 0.1) is 24.8 Å². The Morgan fingerprint density at radius 3 is 2.27 bits per heavy atom. The van der Waals surface area contributed by atoms with Crippen molar-refractivity contribution in [1.29, 1.82) is 0 Å². The lowest BCUT2D eigenvalue weighted by Gasteiger charge is -2.08. The first-order valence-electron chi connectivity index (χ1n) is 6.88. The van der Waals surface area contributed by atoms with E-state index in [1.54, 1.807) is 32.4 Å². The van der Waals surface area contributed by atoms with Gasteiger partial charge in [0.1, 0.15) is 11.5 Å². The molecule has 0 aliphatic heterocycles. The summed E-state index contributed by atoms with van der Waals surface area (Å²) in [5.74, 6) is 1.25. The fourth-order valence-corrected chi connectivity index (χ4v) is 2.27. The molecule has 0 aliphatic rings. The zero-order valence-corrected chi connectivity index (χ0v) is 13.3. The molecular weight excluding hydrogens is 302 g/mol. The molecule has 0 saturated heterocycles. The Morgan fingerprint density at radius 1 is 1.05 bits per heavy atom. The Kier molecular flexibility index (Phi) is 5.67. The number of nitrogens with one attached hydrogen (secondary N) is 1. The smallest absolute Gasteiger partial charge is 0.252 e. The van der Waals surface area contributed by atoms with Gasteiger partial charge >= 0.3 is 0 Å². The topological polar surface area (TPSA) is 47.6 Å². The van der Waals surface area contributed by atoms with Crippen molar-refractivity contribution in [2.45, 2.75) is 6.42 Å². The lowest BCUT2D eigenvalue weighted by atomic mass is 10.1. The van der Waals surface area contributed by atoms with Crippen molar-refractivity contribution in [2.75, 3.05) is 20.8 Å². The van der Waals surface area contributed by atoms with Crippen LogP contribution < -0.4 is 14.8 Å². The summed E-state index contributed by atoms with van der Waals surface area (Å²) in [6.45, 7) is 0.535. The van der Waals surface area contributed by atoms with Gasteiger partial charge in [0.2, 0.25) is 0 Å². The van der Waals surface area contributed by atoms with Crippen LogP contribution in [0, 0.1) is 0 Å². The van der Waals surface area contributed by atoms with Gasteiger partial charge in [-0.15, -0.1) is 0 Å². The highest BCUT2D eigenvalue weighted by atomic mass is 35.5. The van der Waals surface area contributed by atoms with Crippen LogP contribution >= 0.6 is 11.6 Å². The van der Waals surface area contributed by atoms with Crippen molar-refractivity contribution in [3.8, 4) is 11.5 Å². The number of rotatable bonds is 6. The first-order chi connectivity index (χ1) is 10.6. The highest BCUT2D eigenvalue weighted by Crippen LogP contribution is 2.22. The highest BCUT2D eigenvalue weighted by molar-refractivity contribution is 6.34. The first-order valence-corrected chi connectivity index (χ1v) is 7.26. The van der Waals surface area contributed by atoms with Crippen LogP contribution in [0.2, 0.25) is 5.02 Å². The number of methoxy groups -OCH3 is 2. The third-order valence-corrected chi connectivity index (χ3v) is 3.59. The summed E-state index contributed by atoms with van der Waals surface area (Å²) in [5, 5.41) is 3.24. The molecule has 0 spiro atoms. The van der Waals surface area contributed by atoms with Crippen molar-refractivity contribution < 1.29 is 14.3 Å². The summed E-state index contributed by atoms with van der Waals surface area (Å²) in [5.41, 5.74) is 1.57. The van der Waals surface area contributed by atoms with E-state index in [1.165, 1.54) is 0 Å². The van der Waals surface area contributed by atoms with E-state index in [0.717, 1.165) is 17.7 Å². The maximum atomic E-state index is 12.1. The second-order valence-corrected chi connectivity index (χ2v) is 5.11. The molecule has 1 amide bonds. The van der Waals surface area contributed by atoms with Gasteiger partial charge in [-0.05, 0) is 42.3 Å². The number of ether oxygens (including phenoxy) is 2. The Morgan fingerprint density at radius 2 is 1.68 bits per heavy atom. The van der Waals surface area contributed by atoms with E-state index in [2.05, 4.69) is 5.32 Å². The number of hydrogen-bond acceptors (Lipinski definition) is 3. The summed E-state index contributed by atoms with van der Waals surface area (Å²) in [6.07, 6.45) is 0.740. The van der Waals surface area contributed by atoms with Gasteiger partial charge in [-0.2, -0.15) is 0 Å². The predicted octanol–water partition coefficient (Wildman–Crippen LogP) is 3.33. The number of benzene rings is 2. The van der Waals surface area contributed by atoms with Crippen LogP contribution in [0.3, 0.4) is 0 Å². The molecule has 0 aliphatic carbocycles. The normalized spacial score (nSPS) is 10.1. The average molecular weight is 320 g/mol. The molecule has 5 heteroatoms. The summed E-state index contributed by atoms with van der Waals surface area (Å²) in [4.78, 5) is 12.1. The number of halogens is 1. The predicted molar refractivity (Wildman–Crippen MR) is 87.0 cm³/mol. The molecular formula is C17H18ClNO3. The molecule has 0 unspecified atom stereocenters. The van der Waals surface area contributed by atoms with E-state index < -0.39 is 0 Å². The van der Waals surface area contributed by atoms with Crippen molar-refractivity contribution in [3.05, 3.63) is 58.6 Å². The molecule has 0 bridgehead atoms. The lowest BCUT2D eigenvalue weighted by molar-refractivity contribution is 0.0954. The van der Waals surface area contributed by atoms with Gasteiger partial charge in [-0.3, -0.25) is 4.79 Å². The zero-order chi connectivity index (χ0) is 15.9.